The van der Waals surface area contributed by atoms with Gasteiger partial charge in [0.05, 0.1) is 0 Å². The van der Waals surface area contributed by atoms with E-state index in [0.717, 1.165) is 6.42 Å². The second-order valence-corrected chi connectivity index (χ2v) is 5.41. The third kappa shape index (κ3) is 3.30. The average Bonchev–Trinajstić information content (AvgIpc) is 2.13. The number of hydrogen-bond acceptors (Lipinski definition) is 1. The van der Waals surface area contributed by atoms with E-state index >= 15 is 0 Å². The Morgan fingerprint density at radius 2 is 1.87 bits per heavy atom. The first-order chi connectivity index (χ1) is 6.91. The Hall–Kier alpha value is -0.380. The fourth-order valence-electron chi connectivity index (χ4n) is 1.47. The zero-order valence-corrected chi connectivity index (χ0v) is 11.9. The molecule has 82 valence electrons. The minimum absolute atomic E-state index is 0.126. The molecule has 0 N–H and O–H groups in total. The van der Waals surface area contributed by atoms with Crippen LogP contribution in [0.25, 0.3) is 0 Å². The molecule has 0 aromatic heterocycles. The van der Waals surface area contributed by atoms with Gasteiger partial charge < -0.3 is 0 Å². The fourth-order valence-corrected chi connectivity index (χ4v) is 2.31. The van der Waals surface area contributed by atoms with Gasteiger partial charge in [-0.05, 0) is 72.5 Å². The molecule has 0 amide bonds. The van der Waals surface area contributed by atoms with Crippen LogP contribution in [0.15, 0.2) is 12.1 Å². The van der Waals surface area contributed by atoms with Gasteiger partial charge in [0.15, 0.2) is 0 Å². The Kier molecular flexibility index (Phi) is 4.32. The zero-order chi connectivity index (χ0) is 11.6. The zero-order valence-electron chi connectivity index (χ0n) is 9.73. The van der Waals surface area contributed by atoms with Crippen molar-refractivity contribution in [1.29, 1.82) is 0 Å². The molecular weight excluding hydrogens is 299 g/mol. The molecule has 0 saturated heterocycles. The van der Waals surface area contributed by atoms with Gasteiger partial charge in [-0.1, -0.05) is 13.0 Å². The van der Waals surface area contributed by atoms with Gasteiger partial charge in [0.1, 0.15) is 5.78 Å². The van der Waals surface area contributed by atoms with Crippen LogP contribution in [0.1, 0.15) is 30.5 Å². The van der Waals surface area contributed by atoms with Crippen molar-refractivity contribution in [3.05, 3.63) is 32.4 Å². The predicted octanol–water partition coefficient (Wildman–Crippen LogP) is 3.68. The Morgan fingerprint density at radius 3 is 2.40 bits per heavy atom. The number of halogens is 1. The summed E-state index contributed by atoms with van der Waals surface area (Å²) in [6.45, 7) is 7.90. The first-order valence-electron chi connectivity index (χ1n) is 5.18. The summed E-state index contributed by atoms with van der Waals surface area (Å²) in [6, 6.07) is 4.40. The molecule has 0 radical (unpaired) electrons. The third-order valence-corrected chi connectivity index (χ3v) is 3.89. The summed E-state index contributed by atoms with van der Waals surface area (Å²) in [7, 11) is 0. The average molecular weight is 316 g/mol. The number of rotatable bonds is 3. The highest BCUT2D eigenvalue weighted by molar-refractivity contribution is 14.1. The van der Waals surface area contributed by atoms with Gasteiger partial charge in [0, 0.05) is 9.49 Å². The summed E-state index contributed by atoms with van der Waals surface area (Å²) in [5.74, 6) is 0.393. The lowest BCUT2D eigenvalue weighted by Crippen LogP contribution is -2.10. The summed E-state index contributed by atoms with van der Waals surface area (Å²) >= 11 is 2.35. The minimum Gasteiger partial charge on any atom is -0.300 e. The molecule has 1 rings (SSSR count). The quantitative estimate of drug-likeness (QED) is 0.778. The van der Waals surface area contributed by atoms with Crippen molar-refractivity contribution < 1.29 is 4.79 Å². The van der Waals surface area contributed by atoms with Crippen LogP contribution in [-0.2, 0) is 11.2 Å². The monoisotopic (exact) mass is 316 g/mol. The maximum Gasteiger partial charge on any atom is 0.132 e. The van der Waals surface area contributed by atoms with Gasteiger partial charge in [-0.25, -0.2) is 0 Å². The van der Waals surface area contributed by atoms with Crippen LogP contribution in [0.4, 0.5) is 0 Å². The molecule has 1 atom stereocenters. The summed E-state index contributed by atoms with van der Waals surface area (Å²) in [5.41, 5.74) is 3.92. The van der Waals surface area contributed by atoms with Gasteiger partial charge in [-0.3, -0.25) is 4.79 Å². The molecule has 2 heteroatoms. The number of benzene rings is 1. The van der Waals surface area contributed by atoms with Crippen LogP contribution >= 0.6 is 22.6 Å². The van der Waals surface area contributed by atoms with Gasteiger partial charge in [0.2, 0.25) is 0 Å². The maximum atomic E-state index is 11.2. The first-order valence-corrected chi connectivity index (χ1v) is 6.25. The first kappa shape index (κ1) is 12.7. The lowest BCUT2D eigenvalue weighted by atomic mass is 9.95. The van der Waals surface area contributed by atoms with E-state index in [-0.39, 0.29) is 11.7 Å². The Morgan fingerprint density at radius 1 is 1.33 bits per heavy atom. The molecule has 1 aromatic carbocycles. The van der Waals surface area contributed by atoms with Crippen LogP contribution < -0.4 is 0 Å². The van der Waals surface area contributed by atoms with Gasteiger partial charge in [0.25, 0.3) is 0 Å². The van der Waals surface area contributed by atoms with Crippen molar-refractivity contribution in [2.75, 3.05) is 0 Å². The lowest BCUT2D eigenvalue weighted by Gasteiger charge is -2.12. The summed E-state index contributed by atoms with van der Waals surface area (Å²) in [6.07, 6.45) is 0.856. The van der Waals surface area contributed by atoms with Crippen LogP contribution in [0.5, 0.6) is 0 Å². The molecule has 0 saturated carbocycles. The van der Waals surface area contributed by atoms with E-state index in [4.69, 9.17) is 0 Å². The highest BCUT2D eigenvalue weighted by Crippen LogP contribution is 2.21. The van der Waals surface area contributed by atoms with Gasteiger partial charge in [-0.15, -0.1) is 0 Å². The van der Waals surface area contributed by atoms with Gasteiger partial charge >= 0.3 is 0 Å². The largest absolute Gasteiger partial charge is 0.300 e. The maximum absolute atomic E-state index is 11.2. The van der Waals surface area contributed by atoms with Crippen molar-refractivity contribution in [3.8, 4) is 0 Å². The molecular formula is C13H17IO. The molecule has 1 unspecified atom stereocenters. The molecule has 0 bridgehead atoms. The number of aryl methyl sites for hydroxylation is 2. The number of hydrogen-bond donors (Lipinski definition) is 0. The normalized spacial score (nSPS) is 12.6. The molecule has 0 aliphatic rings. The number of carbonyl (C=O) groups is 1. The second-order valence-electron chi connectivity index (χ2n) is 4.24. The topological polar surface area (TPSA) is 17.1 Å². The van der Waals surface area contributed by atoms with Crippen molar-refractivity contribution in [2.45, 2.75) is 34.1 Å². The molecule has 1 aromatic rings. The van der Waals surface area contributed by atoms with Crippen molar-refractivity contribution in [1.82, 2.24) is 0 Å². The standard InChI is InChI=1S/C13H17IO/c1-8-5-12(6-10(3)11(4)15)13(14)7-9(8)2/h5,7,10H,6H2,1-4H3. The molecule has 1 nitrogen and oxygen atoms in total. The van der Waals surface area contributed by atoms with Gasteiger partial charge in [-0.2, -0.15) is 0 Å². The van der Waals surface area contributed by atoms with E-state index in [9.17, 15) is 4.79 Å². The number of Topliss-reactive ketones (excluding diaryl/α,β-unsaturated/α-hetero) is 1. The molecule has 0 fully saturated rings. The van der Waals surface area contributed by atoms with Crippen LogP contribution in [0.2, 0.25) is 0 Å². The van der Waals surface area contributed by atoms with E-state index < -0.39 is 0 Å². The summed E-state index contributed by atoms with van der Waals surface area (Å²) in [4.78, 5) is 11.2. The highest BCUT2D eigenvalue weighted by atomic mass is 127. The smallest absolute Gasteiger partial charge is 0.132 e. The number of ketones is 1. The second kappa shape index (κ2) is 5.10. The minimum atomic E-state index is 0.126. The lowest BCUT2D eigenvalue weighted by molar-refractivity contribution is -0.120. The SMILES string of the molecule is CC(=O)C(C)Cc1cc(C)c(C)cc1I. The Labute approximate surface area is 105 Å². The van der Waals surface area contributed by atoms with Crippen molar-refractivity contribution in [2.24, 2.45) is 5.92 Å². The molecule has 0 aliphatic carbocycles. The van der Waals surface area contributed by atoms with Crippen LogP contribution in [-0.4, -0.2) is 5.78 Å². The van der Waals surface area contributed by atoms with Crippen LogP contribution in [0, 0.1) is 23.3 Å². The van der Waals surface area contributed by atoms with Crippen molar-refractivity contribution in [3.63, 3.8) is 0 Å². The molecule has 15 heavy (non-hydrogen) atoms. The van der Waals surface area contributed by atoms with E-state index in [1.165, 1.54) is 20.3 Å². The summed E-state index contributed by atoms with van der Waals surface area (Å²) < 4.78 is 1.27. The fraction of sp³-hybridized carbons (Fsp3) is 0.462. The van der Waals surface area contributed by atoms with Crippen molar-refractivity contribution >= 4 is 28.4 Å². The van der Waals surface area contributed by atoms with E-state index in [1.807, 2.05) is 6.92 Å². The highest BCUT2D eigenvalue weighted by Gasteiger charge is 2.11. The molecule has 0 spiro atoms. The van der Waals surface area contributed by atoms with E-state index in [2.05, 4.69) is 48.6 Å². The third-order valence-electron chi connectivity index (χ3n) is 2.88. The predicted molar refractivity (Wildman–Crippen MR) is 72.2 cm³/mol. The Balaban J connectivity index is 2.95. The van der Waals surface area contributed by atoms with E-state index in [1.54, 1.807) is 6.92 Å². The number of carbonyl (C=O) groups excluding carboxylic acids is 1. The van der Waals surface area contributed by atoms with E-state index in [0.29, 0.717) is 0 Å². The van der Waals surface area contributed by atoms with Crippen LogP contribution in [0.3, 0.4) is 0 Å². The molecule has 0 heterocycles. The summed E-state index contributed by atoms with van der Waals surface area (Å²) in [5, 5.41) is 0. The molecule has 0 aliphatic heterocycles. The Bertz CT molecular complexity index is 382.